The summed E-state index contributed by atoms with van der Waals surface area (Å²) in [6.07, 6.45) is 1.85. The van der Waals surface area contributed by atoms with Crippen LogP contribution in [-0.4, -0.2) is 4.98 Å². The average molecular weight is 255 g/mol. The number of aromatic nitrogens is 1. The molecule has 1 heterocycles. The third-order valence-corrected chi connectivity index (χ3v) is 3.69. The summed E-state index contributed by atoms with van der Waals surface area (Å²) in [6.45, 7) is 0. The van der Waals surface area contributed by atoms with Gasteiger partial charge in [-0.25, -0.2) is 0 Å². The van der Waals surface area contributed by atoms with Crippen LogP contribution >= 0.6 is 0 Å². The lowest BCUT2D eigenvalue weighted by molar-refractivity contribution is 1.41. The monoisotopic (exact) mass is 255 g/mol. The molecule has 20 heavy (non-hydrogen) atoms. The second-order valence-corrected chi connectivity index (χ2v) is 4.94. The van der Waals surface area contributed by atoms with Crippen LogP contribution in [0.15, 0.2) is 79.0 Å². The third-order valence-electron chi connectivity index (χ3n) is 3.69. The number of hydrogen-bond acceptors (Lipinski definition) is 1. The lowest BCUT2D eigenvalue weighted by Crippen LogP contribution is -1.84. The Morgan fingerprint density at radius 2 is 1.40 bits per heavy atom. The van der Waals surface area contributed by atoms with E-state index in [0.29, 0.717) is 0 Å². The molecule has 0 aliphatic carbocycles. The van der Waals surface area contributed by atoms with Crippen molar-refractivity contribution in [3.05, 3.63) is 79.0 Å². The van der Waals surface area contributed by atoms with Crippen molar-refractivity contribution in [1.29, 1.82) is 0 Å². The summed E-state index contributed by atoms with van der Waals surface area (Å²) in [4.78, 5) is 4.54. The lowest BCUT2D eigenvalue weighted by atomic mass is 9.99. The van der Waals surface area contributed by atoms with Crippen LogP contribution in [0.25, 0.3) is 32.8 Å². The Morgan fingerprint density at radius 3 is 2.35 bits per heavy atom. The lowest BCUT2D eigenvalue weighted by Gasteiger charge is -2.07. The van der Waals surface area contributed by atoms with Gasteiger partial charge in [0.05, 0.1) is 5.52 Å². The van der Waals surface area contributed by atoms with Crippen LogP contribution in [0.3, 0.4) is 0 Å². The third kappa shape index (κ3) is 1.76. The molecular weight excluding hydrogens is 242 g/mol. The number of pyridine rings is 1. The van der Waals surface area contributed by atoms with Crippen molar-refractivity contribution in [3.8, 4) is 11.1 Å². The zero-order chi connectivity index (χ0) is 13.4. The molecule has 94 valence electrons. The Labute approximate surface area is 117 Å². The van der Waals surface area contributed by atoms with Gasteiger partial charge in [-0.15, -0.1) is 0 Å². The van der Waals surface area contributed by atoms with Crippen molar-refractivity contribution in [3.63, 3.8) is 0 Å². The van der Waals surface area contributed by atoms with Crippen LogP contribution < -0.4 is 0 Å². The highest BCUT2D eigenvalue weighted by atomic mass is 14.6. The maximum absolute atomic E-state index is 4.54. The largest absolute Gasteiger partial charge is 0.256 e. The molecule has 0 aliphatic rings. The van der Waals surface area contributed by atoms with Crippen LogP contribution in [0.2, 0.25) is 0 Å². The summed E-state index contributed by atoms with van der Waals surface area (Å²) in [6, 6.07) is 25.4. The average Bonchev–Trinajstić information content (AvgIpc) is 2.54. The molecule has 0 aliphatic heterocycles. The van der Waals surface area contributed by atoms with E-state index >= 15 is 0 Å². The molecule has 0 amide bonds. The Balaban J connectivity index is 2.01. The maximum Gasteiger partial charge on any atom is 0.0780 e. The molecular formula is C19H13N. The quantitative estimate of drug-likeness (QED) is 0.463. The van der Waals surface area contributed by atoms with Gasteiger partial charge in [0.25, 0.3) is 0 Å². The maximum atomic E-state index is 4.54. The second-order valence-electron chi connectivity index (χ2n) is 4.94. The topological polar surface area (TPSA) is 12.9 Å². The molecule has 1 nitrogen and oxygen atoms in total. The number of para-hydroxylation sites is 1. The Bertz CT molecular complexity index is 904. The van der Waals surface area contributed by atoms with Gasteiger partial charge in [-0.3, -0.25) is 4.98 Å². The molecule has 1 aromatic heterocycles. The highest BCUT2D eigenvalue weighted by Gasteiger charge is 2.05. The van der Waals surface area contributed by atoms with Crippen LogP contribution in [0.5, 0.6) is 0 Å². The number of hydrogen-bond donors (Lipinski definition) is 0. The van der Waals surface area contributed by atoms with Gasteiger partial charge in [0.15, 0.2) is 0 Å². The standard InChI is InChI=1S/C19H13N/c1-2-6-16-13-17(11-10-14(16)5-1)18-9-3-7-15-8-4-12-20-19(15)18/h1-13H. The van der Waals surface area contributed by atoms with E-state index in [2.05, 4.69) is 71.7 Å². The molecule has 0 fully saturated rings. The SMILES string of the molecule is c1ccc2cc(-c3cccc4cccnc34)ccc2c1. The van der Waals surface area contributed by atoms with Gasteiger partial charge in [-0.2, -0.15) is 0 Å². The smallest absolute Gasteiger partial charge is 0.0780 e. The van der Waals surface area contributed by atoms with E-state index in [4.69, 9.17) is 0 Å². The van der Waals surface area contributed by atoms with Gasteiger partial charge in [-0.1, -0.05) is 60.7 Å². The fourth-order valence-electron chi connectivity index (χ4n) is 2.69. The van der Waals surface area contributed by atoms with Crippen molar-refractivity contribution in [2.75, 3.05) is 0 Å². The number of fused-ring (bicyclic) bond motifs is 2. The van der Waals surface area contributed by atoms with Gasteiger partial charge in [0.2, 0.25) is 0 Å². The summed E-state index contributed by atoms with van der Waals surface area (Å²) in [5.41, 5.74) is 3.46. The Kier molecular flexibility index (Phi) is 2.49. The number of rotatable bonds is 1. The van der Waals surface area contributed by atoms with Crippen LogP contribution in [0.4, 0.5) is 0 Å². The summed E-state index contributed by atoms with van der Waals surface area (Å²) in [5.74, 6) is 0. The normalized spacial score (nSPS) is 11.0. The molecule has 4 rings (SSSR count). The first-order valence-electron chi connectivity index (χ1n) is 6.75. The first-order chi connectivity index (χ1) is 9.92. The van der Waals surface area contributed by atoms with Crippen molar-refractivity contribution < 1.29 is 0 Å². The minimum atomic E-state index is 1.06. The molecule has 4 aromatic rings. The second kappa shape index (κ2) is 4.46. The van der Waals surface area contributed by atoms with Crippen LogP contribution in [0, 0.1) is 0 Å². The van der Waals surface area contributed by atoms with E-state index < -0.39 is 0 Å². The van der Waals surface area contributed by atoms with E-state index in [9.17, 15) is 0 Å². The van der Waals surface area contributed by atoms with Gasteiger partial charge in [-0.05, 0) is 28.5 Å². The van der Waals surface area contributed by atoms with Gasteiger partial charge >= 0.3 is 0 Å². The number of benzene rings is 3. The minimum Gasteiger partial charge on any atom is -0.256 e. The van der Waals surface area contributed by atoms with Crippen molar-refractivity contribution >= 4 is 21.7 Å². The molecule has 0 saturated carbocycles. The summed E-state index contributed by atoms with van der Waals surface area (Å²) < 4.78 is 0. The predicted molar refractivity (Wildman–Crippen MR) is 84.7 cm³/mol. The van der Waals surface area contributed by atoms with E-state index in [-0.39, 0.29) is 0 Å². The fraction of sp³-hybridized carbons (Fsp3) is 0. The summed E-state index contributed by atoms with van der Waals surface area (Å²) >= 11 is 0. The van der Waals surface area contributed by atoms with Gasteiger partial charge in [0.1, 0.15) is 0 Å². The van der Waals surface area contributed by atoms with Gasteiger partial charge < -0.3 is 0 Å². The van der Waals surface area contributed by atoms with Gasteiger partial charge in [0, 0.05) is 17.1 Å². The van der Waals surface area contributed by atoms with Crippen molar-refractivity contribution in [2.45, 2.75) is 0 Å². The predicted octanol–water partition coefficient (Wildman–Crippen LogP) is 5.06. The van der Waals surface area contributed by atoms with E-state index in [1.165, 1.54) is 27.3 Å². The highest BCUT2D eigenvalue weighted by Crippen LogP contribution is 2.29. The molecule has 0 radical (unpaired) electrons. The molecule has 0 atom stereocenters. The Morgan fingerprint density at radius 1 is 0.600 bits per heavy atom. The Hall–Kier alpha value is -2.67. The van der Waals surface area contributed by atoms with Crippen molar-refractivity contribution in [2.24, 2.45) is 0 Å². The molecule has 3 aromatic carbocycles. The summed E-state index contributed by atoms with van der Waals surface area (Å²) in [7, 11) is 0. The summed E-state index contributed by atoms with van der Waals surface area (Å²) in [5, 5.41) is 3.71. The molecule has 0 bridgehead atoms. The van der Waals surface area contributed by atoms with E-state index in [1.54, 1.807) is 0 Å². The molecule has 1 heteroatoms. The highest BCUT2D eigenvalue weighted by molar-refractivity contribution is 5.96. The van der Waals surface area contributed by atoms with E-state index in [1.807, 2.05) is 12.3 Å². The van der Waals surface area contributed by atoms with E-state index in [0.717, 1.165) is 5.52 Å². The zero-order valence-electron chi connectivity index (χ0n) is 11.0. The number of nitrogens with zero attached hydrogens (tertiary/aromatic N) is 1. The first-order valence-corrected chi connectivity index (χ1v) is 6.75. The minimum absolute atomic E-state index is 1.06. The first kappa shape index (κ1) is 11.2. The molecule has 0 saturated heterocycles. The molecule has 0 N–H and O–H groups in total. The zero-order valence-corrected chi connectivity index (χ0v) is 11.0. The fourth-order valence-corrected chi connectivity index (χ4v) is 2.69. The molecule has 0 spiro atoms. The molecule has 0 unspecified atom stereocenters. The van der Waals surface area contributed by atoms with Crippen LogP contribution in [-0.2, 0) is 0 Å². The van der Waals surface area contributed by atoms with Crippen LogP contribution in [0.1, 0.15) is 0 Å². The van der Waals surface area contributed by atoms with Crippen molar-refractivity contribution in [1.82, 2.24) is 4.98 Å².